The summed E-state index contributed by atoms with van der Waals surface area (Å²) < 4.78 is 0.523. The molecule has 1 aromatic heterocycles. The first-order valence-electron chi connectivity index (χ1n) is 7.35. The van der Waals surface area contributed by atoms with Crippen molar-refractivity contribution < 1.29 is 9.59 Å². The number of hydrogen-bond acceptors (Lipinski definition) is 4. The Morgan fingerprint density at radius 3 is 2.83 bits per heavy atom. The van der Waals surface area contributed by atoms with Gasteiger partial charge in [0.1, 0.15) is 0 Å². The molecule has 0 aliphatic carbocycles. The summed E-state index contributed by atoms with van der Waals surface area (Å²) in [6.07, 6.45) is 3.34. The van der Waals surface area contributed by atoms with Crippen LogP contribution in [0.5, 0.6) is 0 Å². The highest BCUT2D eigenvalue weighted by molar-refractivity contribution is 8.02. The first-order chi connectivity index (χ1) is 10.9. The molecule has 0 saturated heterocycles. The van der Waals surface area contributed by atoms with Crippen LogP contribution in [0.2, 0.25) is 0 Å². The molecule has 0 unspecified atom stereocenters. The number of thioether (sulfide) groups is 1. The van der Waals surface area contributed by atoms with Crippen molar-refractivity contribution in [3.63, 3.8) is 0 Å². The highest BCUT2D eigenvalue weighted by Crippen LogP contribution is 2.42. The quantitative estimate of drug-likeness (QED) is 0.849. The van der Waals surface area contributed by atoms with Crippen molar-refractivity contribution in [1.82, 2.24) is 9.78 Å². The molecule has 6 nitrogen and oxygen atoms in total. The minimum absolute atomic E-state index is 0.204. The monoisotopic (exact) mass is 330 g/mol. The molecule has 7 heteroatoms. The summed E-state index contributed by atoms with van der Waals surface area (Å²) in [5.41, 5.74) is 1.32. The number of carbonyl (C=O) groups is 2. The van der Waals surface area contributed by atoms with E-state index in [1.807, 2.05) is 38.1 Å². The summed E-state index contributed by atoms with van der Waals surface area (Å²) in [5, 5.41) is 9.77. The Labute approximate surface area is 138 Å². The predicted octanol–water partition coefficient (Wildman–Crippen LogP) is 2.91. The fourth-order valence-corrected chi connectivity index (χ4v) is 3.35. The second kappa shape index (κ2) is 5.73. The molecular weight excluding hydrogens is 312 g/mol. The Kier molecular flexibility index (Phi) is 3.89. The number of benzene rings is 1. The standard InChI is InChI=1S/C16H18N4O2S/c1-10(2)20-9-11(8-17-20)18-14(21)16(3)15(22)19-12-6-4-5-7-13(12)23-16/h4-10H,1-3H3,(H,18,21)(H,19,22)/t16-/m1/s1. The van der Waals surface area contributed by atoms with Crippen molar-refractivity contribution in [3.05, 3.63) is 36.7 Å². The molecule has 0 fully saturated rings. The van der Waals surface area contributed by atoms with Gasteiger partial charge >= 0.3 is 0 Å². The molecule has 0 spiro atoms. The molecule has 2 aromatic rings. The first kappa shape index (κ1) is 15.6. The fraction of sp³-hybridized carbons (Fsp3) is 0.312. The lowest BCUT2D eigenvalue weighted by molar-refractivity contribution is -0.126. The van der Waals surface area contributed by atoms with Gasteiger partial charge in [-0.3, -0.25) is 14.3 Å². The largest absolute Gasteiger partial charge is 0.323 e. The highest BCUT2D eigenvalue weighted by Gasteiger charge is 2.45. The number of nitrogens with one attached hydrogen (secondary N) is 2. The lowest BCUT2D eigenvalue weighted by Gasteiger charge is -2.31. The molecule has 0 bridgehead atoms. The molecule has 2 N–H and O–H groups in total. The average molecular weight is 330 g/mol. The molecule has 1 aliphatic heterocycles. The maximum atomic E-state index is 12.7. The van der Waals surface area contributed by atoms with Crippen LogP contribution in [0, 0.1) is 0 Å². The van der Waals surface area contributed by atoms with Crippen molar-refractivity contribution in [2.24, 2.45) is 0 Å². The van der Waals surface area contributed by atoms with Crippen LogP contribution in [-0.4, -0.2) is 26.3 Å². The van der Waals surface area contributed by atoms with Crippen molar-refractivity contribution in [2.75, 3.05) is 10.6 Å². The van der Waals surface area contributed by atoms with Crippen LogP contribution in [-0.2, 0) is 9.59 Å². The van der Waals surface area contributed by atoms with Gasteiger partial charge in [0.05, 0.1) is 17.6 Å². The maximum Gasteiger partial charge on any atom is 0.250 e. The molecular formula is C16H18N4O2S. The van der Waals surface area contributed by atoms with Crippen LogP contribution in [0.4, 0.5) is 11.4 Å². The highest BCUT2D eigenvalue weighted by atomic mass is 32.2. The number of hydrogen-bond donors (Lipinski definition) is 2. The van der Waals surface area contributed by atoms with Gasteiger partial charge in [-0.25, -0.2) is 0 Å². The number of carbonyl (C=O) groups excluding carboxylic acids is 2. The average Bonchev–Trinajstić information content (AvgIpc) is 2.97. The van der Waals surface area contributed by atoms with Gasteiger partial charge in [-0.15, -0.1) is 0 Å². The van der Waals surface area contributed by atoms with E-state index in [0.717, 1.165) is 10.6 Å². The van der Waals surface area contributed by atoms with E-state index in [9.17, 15) is 9.59 Å². The van der Waals surface area contributed by atoms with Gasteiger partial charge < -0.3 is 10.6 Å². The molecule has 3 rings (SSSR count). The van der Waals surface area contributed by atoms with Gasteiger partial charge in [-0.2, -0.15) is 5.10 Å². The van der Waals surface area contributed by atoms with Crippen molar-refractivity contribution >= 4 is 35.0 Å². The van der Waals surface area contributed by atoms with Crippen molar-refractivity contribution in [3.8, 4) is 0 Å². The Hall–Kier alpha value is -2.28. The van der Waals surface area contributed by atoms with E-state index in [4.69, 9.17) is 0 Å². The van der Waals surface area contributed by atoms with Crippen LogP contribution in [0.25, 0.3) is 0 Å². The van der Waals surface area contributed by atoms with E-state index in [0.29, 0.717) is 5.69 Å². The van der Waals surface area contributed by atoms with Gasteiger partial charge in [0.25, 0.3) is 0 Å². The van der Waals surface area contributed by atoms with Gasteiger partial charge in [-0.1, -0.05) is 23.9 Å². The molecule has 1 aromatic carbocycles. The second-order valence-electron chi connectivity index (χ2n) is 5.84. The lowest BCUT2D eigenvalue weighted by atomic mass is 10.1. The third-order valence-corrected chi connectivity index (χ3v) is 5.06. The smallest absolute Gasteiger partial charge is 0.250 e. The zero-order valence-electron chi connectivity index (χ0n) is 13.2. The van der Waals surface area contributed by atoms with Gasteiger partial charge in [-0.05, 0) is 32.9 Å². The first-order valence-corrected chi connectivity index (χ1v) is 8.17. The molecule has 1 atom stereocenters. The minimum Gasteiger partial charge on any atom is -0.323 e. The van der Waals surface area contributed by atoms with Crippen LogP contribution in [0.1, 0.15) is 26.8 Å². The number of amides is 2. The number of para-hydroxylation sites is 1. The summed E-state index contributed by atoms with van der Waals surface area (Å²) in [5.74, 6) is -0.687. The lowest BCUT2D eigenvalue weighted by Crippen LogP contribution is -2.49. The maximum absolute atomic E-state index is 12.7. The topological polar surface area (TPSA) is 76.0 Å². The second-order valence-corrected chi connectivity index (χ2v) is 7.30. The third-order valence-electron chi connectivity index (χ3n) is 3.70. The Morgan fingerprint density at radius 1 is 1.39 bits per heavy atom. The summed E-state index contributed by atoms with van der Waals surface area (Å²) in [4.78, 5) is 25.9. The van der Waals surface area contributed by atoms with E-state index in [-0.39, 0.29) is 17.9 Å². The molecule has 2 heterocycles. The van der Waals surface area contributed by atoms with Crippen LogP contribution >= 0.6 is 11.8 Å². The van der Waals surface area contributed by atoms with E-state index in [2.05, 4.69) is 15.7 Å². The Bertz CT molecular complexity index is 771. The van der Waals surface area contributed by atoms with E-state index >= 15 is 0 Å². The molecule has 120 valence electrons. The number of anilines is 2. The molecule has 23 heavy (non-hydrogen) atoms. The molecule has 0 saturated carbocycles. The van der Waals surface area contributed by atoms with Gasteiger partial charge in [0.15, 0.2) is 4.75 Å². The number of rotatable bonds is 3. The number of nitrogens with zero attached hydrogens (tertiary/aromatic N) is 2. The van der Waals surface area contributed by atoms with Crippen LogP contribution < -0.4 is 10.6 Å². The predicted molar refractivity (Wildman–Crippen MR) is 90.6 cm³/mol. The van der Waals surface area contributed by atoms with Crippen molar-refractivity contribution in [1.29, 1.82) is 0 Å². The number of aromatic nitrogens is 2. The molecule has 1 aliphatic rings. The van der Waals surface area contributed by atoms with E-state index in [1.54, 1.807) is 24.0 Å². The number of fused-ring (bicyclic) bond motifs is 1. The van der Waals surface area contributed by atoms with E-state index in [1.165, 1.54) is 11.8 Å². The normalized spacial score (nSPS) is 20.1. The SMILES string of the molecule is CC(C)n1cc(NC(=O)[C@@]2(C)Sc3ccccc3NC2=O)cn1. The zero-order chi connectivity index (χ0) is 16.6. The van der Waals surface area contributed by atoms with Crippen LogP contribution in [0.15, 0.2) is 41.6 Å². The Morgan fingerprint density at radius 2 is 2.13 bits per heavy atom. The summed E-state index contributed by atoms with van der Waals surface area (Å²) in [6, 6.07) is 7.65. The molecule has 2 amide bonds. The van der Waals surface area contributed by atoms with Gasteiger partial charge in [0, 0.05) is 17.1 Å². The zero-order valence-corrected chi connectivity index (χ0v) is 14.0. The van der Waals surface area contributed by atoms with Crippen LogP contribution in [0.3, 0.4) is 0 Å². The summed E-state index contributed by atoms with van der Waals surface area (Å²) in [7, 11) is 0. The van der Waals surface area contributed by atoms with Gasteiger partial charge in [0.2, 0.25) is 11.8 Å². The fourth-order valence-electron chi connectivity index (χ4n) is 2.25. The molecule has 0 radical (unpaired) electrons. The third kappa shape index (κ3) is 2.84. The Balaban J connectivity index is 1.82. The minimum atomic E-state index is -1.23. The van der Waals surface area contributed by atoms with Crippen molar-refractivity contribution in [2.45, 2.75) is 36.5 Å². The van der Waals surface area contributed by atoms with E-state index < -0.39 is 4.75 Å². The summed E-state index contributed by atoms with van der Waals surface area (Å²) in [6.45, 7) is 5.63. The summed E-state index contributed by atoms with van der Waals surface area (Å²) >= 11 is 1.26.